The van der Waals surface area contributed by atoms with Gasteiger partial charge in [0.2, 0.25) is 5.13 Å². The van der Waals surface area contributed by atoms with Gasteiger partial charge in [0.15, 0.2) is 0 Å². The first-order chi connectivity index (χ1) is 16.5. The number of carbonyl (C=O) groups is 2. The molecule has 0 aliphatic carbocycles. The number of aromatic nitrogens is 2. The fourth-order valence-electron chi connectivity index (χ4n) is 3.42. The van der Waals surface area contributed by atoms with Crippen molar-refractivity contribution < 1.29 is 9.59 Å². The first kappa shape index (κ1) is 22.2. The van der Waals surface area contributed by atoms with E-state index in [1.54, 1.807) is 24.3 Å². The Kier molecular flexibility index (Phi) is 6.10. The minimum absolute atomic E-state index is 0.306. The molecule has 0 spiro atoms. The van der Waals surface area contributed by atoms with E-state index < -0.39 is 5.91 Å². The highest BCUT2D eigenvalue weighted by molar-refractivity contribution is 7.21. The minimum atomic E-state index is -0.398. The van der Waals surface area contributed by atoms with Gasteiger partial charge in [-0.25, -0.2) is 0 Å². The summed E-state index contributed by atoms with van der Waals surface area (Å²) in [5, 5.41) is 16.1. The van der Waals surface area contributed by atoms with Crippen LogP contribution in [-0.4, -0.2) is 22.0 Å². The maximum atomic E-state index is 13.0. The van der Waals surface area contributed by atoms with Crippen LogP contribution in [0.1, 0.15) is 25.6 Å². The standard InChI is InChI=1S/C25H17ClN4O2S2/c1-14-11-12-17-19(13-14)33-21(20(17)26)23(32)27-18-10-6-5-9-16(18)22(31)28-25-30-29-24(34-25)15-7-3-2-4-8-15/h2-13H,1H3,(H,27,32)(H,28,30,31). The quantitative estimate of drug-likeness (QED) is 0.273. The molecule has 5 rings (SSSR count). The average molecular weight is 505 g/mol. The lowest BCUT2D eigenvalue weighted by atomic mass is 10.1. The molecule has 0 fully saturated rings. The van der Waals surface area contributed by atoms with Crippen molar-refractivity contribution in [1.29, 1.82) is 0 Å². The van der Waals surface area contributed by atoms with Crippen molar-refractivity contribution in [1.82, 2.24) is 10.2 Å². The zero-order valence-electron chi connectivity index (χ0n) is 17.8. The Morgan fingerprint density at radius 3 is 2.44 bits per heavy atom. The predicted octanol–water partition coefficient (Wildman–Crippen LogP) is 6.89. The van der Waals surface area contributed by atoms with E-state index in [0.29, 0.717) is 31.3 Å². The lowest BCUT2D eigenvalue weighted by Crippen LogP contribution is -2.17. The molecule has 9 heteroatoms. The maximum Gasteiger partial charge on any atom is 0.267 e. The van der Waals surface area contributed by atoms with Crippen LogP contribution in [0.5, 0.6) is 0 Å². The zero-order chi connectivity index (χ0) is 23.7. The van der Waals surface area contributed by atoms with Crippen molar-refractivity contribution in [2.75, 3.05) is 10.6 Å². The molecule has 2 heterocycles. The summed E-state index contributed by atoms with van der Waals surface area (Å²) in [5.74, 6) is -0.767. The molecule has 3 aromatic carbocycles. The Labute approximate surface area is 208 Å². The van der Waals surface area contributed by atoms with Crippen LogP contribution in [0.25, 0.3) is 20.7 Å². The van der Waals surface area contributed by atoms with Gasteiger partial charge < -0.3 is 5.32 Å². The Balaban J connectivity index is 1.37. The molecule has 34 heavy (non-hydrogen) atoms. The largest absolute Gasteiger partial charge is 0.320 e. The number of para-hydroxylation sites is 1. The highest BCUT2D eigenvalue weighted by atomic mass is 35.5. The number of halogens is 1. The SMILES string of the molecule is Cc1ccc2c(Cl)c(C(=O)Nc3ccccc3C(=O)Nc3nnc(-c4ccccc4)s3)sc2c1. The summed E-state index contributed by atoms with van der Waals surface area (Å²) >= 11 is 9.09. The molecule has 0 unspecified atom stereocenters. The molecule has 6 nitrogen and oxygen atoms in total. The number of carbonyl (C=O) groups excluding carboxylic acids is 2. The number of rotatable bonds is 5. The number of benzene rings is 3. The number of hydrogen-bond acceptors (Lipinski definition) is 6. The average Bonchev–Trinajstić information content (AvgIpc) is 3.44. The van der Waals surface area contributed by atoms with Crippen LogP contribution >= 0.6 is 34.3 Å². The normalized spacial score (nSPS) is 10.9. The van der Waals surface area contributed by atoms with Gasteiger partial charge in [0.05, 0.1) is 16.3 Å². The third kappa shape index (κ3) is 4.43. The van der Waals surface area contributed by atoms with E-state index in [0.717, 1.165) is 21.2 Å². The van der Waals surface area contributed by atoms with Gasteiger partial charge in [-0.05, 0) is 30.7 Å². The first-order valence-corrected chi connectivity index (χ1v) is 12.3. The molecule has 0 aliphatic heterocycles. The molecule has 0 aliphatic rings. The fraction of sp³-hybridized carbons (Fsp3) is 0.0400. The Morgan fingerprint density at radius 2 is 1.62 bits per heavy atom. The molecular weight excluding hydrogens is 488 g/mol. The maximum absolute atomic E-state index is 13.0. The van der Waals surface area contributed by atoms with E-state index in [2.05, 4.69) is 20.8 Å². The van der Waals surface area contributed by atoms with Gasteiger partial charge in [-0.1, -0.05) is 77.5 Å². The Hall–Kier alpha value is -3.59. The molecule has 2 aromatic heterocycles. The molecule has 168 valence electrons. The number of thiophene rings is 1. The summed E-state index contributed by atoms with van der Waals surface area (Å²) < 4.78 is 0.937. The molecule has 0 bridgehead atoms. The number of nitrogens with one attached hydrogen (secondary N) is 2. The van der Waals surface area contributed by atoms with Crippen LogP contribution < -0.4 is 10.6 Å². The van der Waals surface area contributed by atoms with Crippen molar-refractivity contribution in [2.24, 2.45) is 0 Å². The van der Waals surface area contributed by atoms with Crippen molar-refractivity contribution in [3.63, 3.8) is 0 Å². The molecule has 0 saturated carbocycles. The zero-order valence-corrected chi connectivity index (χ0v) is 20.2. The summed E-state index contributed by atoms with van der Waals surface area (Å²) in [5.41, 5.74) is 2.69. The summed E-state index contributed by atoms with van der Waals surface area (Å²) in [6.45, 7) is 1.99. The second-order valence-electron chi connectivity index (χ2n) is 7.48. The van der Waals surface area contributed by atoms with Crippen LogP contribution in [0.15, 0.2) is 72.8 Å². The summed E-state index contributed by atoms with van der Waals surface area (Å²) in [6, 6.07) is 22.3. The predicted molar refractivity (Wildman–Crippen MR) is 139 cm³/mol. The van der Waals surface area contributed by atoms with E-state index in [-0.39, 0.29) is 5.91 Å². The van der Waals surface area contributed by atoms with Gasteiger partial charge in [0.1, 0.15) is 9.88 Å². The van der Waals surface area contributed by atoms with Gasteiger partial charge in [-0.2, -0.15) is 0 Å². The number of aryl methyl sites for hydroxylation is 1. The highest BCUT2D eigenvalue weighted by Gasteiger charge is 2.20. The van der Waals surface area contributed by atoms with Gasteiger partial charge in [0, 0.05) is 15.6 Å². The summed E-state index contributed by atoms with van der Waals surface area (Å²) in [4.78, 5) is 26.4. The number of fused-ring (bicyclic) bond motifs is 1. The van der Waals surface area contributed by atoms with Crippen LogP contribution in [0.4, 0.5) is 10.8 Å². The minimum Gasteiger partial charge on any atom is -0.320 e. The summed E-state index contributed by atoms with van der Waals surface area (Å²) in [7, 11) is 0. The number of amides is 2. The van der Waals surface area contributed by atoms with E-state index >= 15 is 0 Å². The third-order valence-corrected chi connectivity index (χ3v) is 7.62. The van der Waals surface area contributed by atoms with Crippen LogP contribution in [0.3, 0.4) is 0 Å². The summed E-state index contributed by atoms with van der Waals surface area (Å²) in [6.07, 6.45) is 0. The lowest BCUT2D eigenvalue weighted by molar-refractivity contribution is 0.102. The van der Waals surface area contributed by atoms with Crippen LogP contribution in [0, 0.1) is 6.92 Å². The smallest absolute Gasteiger partial charge is 0.267 e. The van der Waals surface area contributed by atoms with Crippen LogP contribution in [-0.2, 0) is 0 Å². The molecular formula is C25H17ClN4O2S2. The number of nitrogens with zero attached hydrogens (tertiary/aromatic N) is 2. The van der Waals surface area contributed by atoms with Crippen molar-refractivity contribution in [3.05, 3.63) is 93.8 Å². The molecule has 0 radical (unpaired) electrons. The molecule has 0 saturated heterocycles. The third-order valence-electron chi connectivity index (χ3n) is 5.08. The Bertz CT molecular complexity index is 1530. The van der Waals surface area contributed by atoms with Gasteiger partial charge in [0.25, 0.3) is 11.8 Å². The lowest BCUT2D eigenvalue weighted by Gasteiger charge is -2.10. The highest BCUT2D eigenvalue weighted by Crippen LogP contribution is 2.36. The second-order valence-corrected chi connectivity index (χ2v) is 9.88. The van der Waals surface area contributed by atoms with E-state index in [9.17, 15) is 9.59 Å². The first-order valence-electron chi connectivity index (χ1n) is 10.3. The van der Waals surface area contributed by atoms with E-state index in [1.165, 1.54) is 22.7 Å². The van der Waals surface area contributed by atoms with Crippen LogP contribution in [0.2, 0.25) is 5.02 Å². The van der Waals surface area contributed by atoms with Gasteiger partial charge in [-0.15, -0.1) is 21.5 Å². The number of anilines is 2. The fourth-order valence-corrected chi connectivity index (χ4v) is 5.68. The van der Waals surface area contributed by atoms with E-state index in [4.69, 9.17) is 11.6 Å². The second kappa shape index (κ2) is 9.34. The number of hydrogen-bond donors (Lipinski definition) is 2. The van der Waals surface area contributed by atoms with Crippen molar-refractivity contribution in [2.45, 2.75) is 6.92 Å². The Morgan fingerprint density at radius 1 is 0.853 bits per heavy atom. The molecule has 0 atom stereocenters. The monoisotopic (exact) mass is 504 g/mol. The molecule has 2 amide bonds. The van der Waals surface area contributed by atoms with Crippen molar-refractivity contribution >= 4 is 67.0 Å². The van der Waals surface area contributed by atoms with Gasteiger partial charge in [-0.3, -0.25) is 14.9 Å². The topological polar surface area (TPSA) is 84.0 Å². The van der Waals surface area contributed by atoms with Gasteiger partial charge >= 0.3 is 0 Å². The molecule has 2 N–H and O–H groups in total. The molecule has 5 aromatic rings. The van der Waals surface area contributed by atoms with Crippen molar-refractivity contribution in [3.8, 4) is 10.6 Å². The van der Waals surface area contributed by atoms with E-state index in [1.807, 2.05) is 55.5 Å².